The third kappa shape index (κ3) is 5.78. The molecule has 1 fully saturated rings. The molecule has 1 N–H and O–H groups in total. The second-order valence-corrected chi connectivity index (χ2v) is 5.09. The number of hydrogen-bond donors (Lipinski definition) is 1. The lowest BCUT2D eigenvalue weighted by atomic mass is 9.98. The minimum Gasteiger partial charge on any atom is -0.463 e. The summed E-state index contributed by atoms with van der Waals surface area (Å²) >= 11 is 0. The molecule has 5 atom stereocenters. The predicted molar refractivity (Wildman–Crippen MR) is 74.2 cm³/mol. The van der Waals surface area contributed by atoms with Gasteiger partial charge in [0.1, 0.15) is 12.7 Å². The summed E-state index contributed by atoms with van der Waals surface area (Å²) in [6, 6.07) is 0. The van der Waals surface area contributed by atoms with Crippen LogP contribution in [0.1, 0.15) is 27.7 Å². The van der Waals surface area contributed by atoms with E-state index in [1.54, 1.807) is 0 Å². The van der Waals surface area contributed by atoms with Crippen LogP contribution in [0.5, 0.6) is 0 Å². The number of hydrogen-bond acceptors (Lipinski definition) is 10. The van der Waals surface area contributed by atoms with Gasteiger partial charge in [-0.2, -0.15) is 0 Å². The average molecular weight is 348 g/mol. The minimum absolute atomic E-state index is 0.366. The van der Waals surface area contributed by atoms with Crippen molar-refractivity contribution in [2.45, 2.75) is 58.4 Å². The molecule has 10 heteroatoms. The zero-order valence-electron chi connectivity index (χ0n) is 13.7. The Morgan fingerprint density at radius 2 is 1.33 bits per heavy atom. The molecule has 0 aromatic rings. The fraction of sp³-hybridized carbons (Fsp3) is 0.714. The maximum Gasteiger partial charge on any atom is 0.305 e. The third-order valence-electron chi connectivity index (χ3n) is 2.95. The topological polar surface area (TPSA) is 135 Å². The van der Waals surface area contributed by atoms with E-state index < -0.39 is 54.6 Å². The standard InChI is InChI=1S/C14H20O10/c1-6(15)20-5-10-12(21-7(2)16)13(22-8(3)17)11(19)14(24-10)23-9(4)18/h10-14,19H,5H2,1-4H3/t10-,11-,12+,13-,14+/m0/s1. The Bertz CT molecular complexity index is 486. The van der Waals surface area contributed by atoms with Gasteiger partial charge in [0.25, 0.3) is 0 Å². The lowest BCUT2D eigenvalue weighted by Gasteiger charge is -2.42. The summed E-state index contributed by atoms with van der Waals surface area (Å²) < 4.78 is 25.0. The number of aliphatic hydroxyl groups excluding tert-OH is 1. The molecule has 1 heterocycles. The number of esters is 4. The molecule has 0 amide bonds. The Morgan fingerprint density at radius 3 is 1.79 bits per heavy atom. The monoisotopic (exact) mass is 348 g/mol. The molecule has 1 aliphatic heterocycles. The van der Waals surface area contributed by atoms with Crippen LogP contribution in [0.25, 0.3) is 0 Å². The predicted octanol–water partition coefficient (Wildman–Crippen LogP) is -0.938. The Labute approximate surface area is 137 Å². The van der Waals surface area contributed by atoms with Crippen molar-refractivity contribution < 1.29 is 48.0 Å². The lowest BCUT2D eigenvalue weighted by Crippen LogP contribution is -2.62. The molecule has 0 unspecified atom stereocenters. The third-order valence-corrected chi connectivity index (χ3v) is 2.95. The number of rotatable bonds is 5. The van der Waals surface area contributed by atoms with Gasteiger partial charge in [-0.1, -0.05) is 0 Å². The molecule has 0 saturated carbocycles. The first kappa shape index (κ1) is 19.8. The Morgan fingerprint density at radius 1 is 0.833 bits per heavy atom. The number of carbonyl (C=O) groups is 4. The molecule has 24 heavy (non-hydrogen) atoms. The lowest BCUT2D eigenvalue weighted by molar-refractivity contribution is -0.297. The van der Waals surface area contributed by atoms with Crippen LogP contribution in [-0.4, -0.2) is 66.3 Å². The van der Waals surface area contributed by atoms with E-state index >= 15 is 0 Å². The quantitative estimate of drug-likeness (QED) is 0.490. The van der Waals surface area contributed by atoms with Gasteiger partial charge in [-0.05, 0) is 0 Å². The molecule has 0 aromatic carbocycles. The largest absolute Gasteiger partial charge is 0.463 e. The molecule has 1 rings (SSSR count). The fourth-order valence-corrected chi connectivity index (χ4v) is 2.15. The summed E-state index contributed by atoms with van der Waals surface area (Å²) in [6.45, 7) is 4.09. The maximum absolute atomic E-state index is 11.3. The van der Waals surface area contributed by atoms with Crippen molar-refractivity contribution >= 4 is 23.9 Å². The molecular weight excluding hydrogens is 328 g/mol. The Balaban J connectivity index is 3.08. The van der Waals surface area contributed by atoms with Crippen molar-refractivity contribution in [3.8, 4) is 0 Å². The zero-order chi connectivity index (χ0) is 18.4. The molecular formula is C14H20O10. The number of ether oxygens (including phenoxy) is 5. The smallest absolute Gasteiger partial charge is 0.305 e. The van der Waals surface area contributed by atoms with Gasteiger partial charge in [-0.25, -0.2) is 0 Å². The van der Waals surface area contributed by atoms with Crippen molar-refractivity contribution in [1.29, 1.82) is 0 Å². The zero-order valence-corrected chi connectivity index (χ0v) is 13.7. The van der Waals surface area contributed by atoms with Crippen LogP contribution in [-0.2, 0) is 42.9 Å². The van der Waals surface area contributed by atoms with E-state index in [1.807, 2.05) is 0 Å². The van der Waals surface area contributed by atoms with E-state index in [0.717, 1.165) is 27.7 Å². The summed E-state index contributed by atoms with van der Waals surface area (Å²) in [4.78, 5) is 44.7. The van der Waals surface area contributed by atoms with E-state index in [-0.39, 0.29) is 6.61 Å². The molecule has 0 bridgehead atoms. The van der Waals surface area contributed by atoms with Gasteiger partial charge in [0, 0.05) is 27.7 Å². The molecule has 10 nitrogen and oxygen atoms in total. The average Bonchev–Trinajstić information content (AvgIpc) is 2.42. The van der Waals surface area contributed by atoms with Crippen molar-refractivity contribution in [3.05, 3.63) is 0 Å². The van der Waals surface area contributed by atoms with Crippen molar-refractivity contribution in [2.24, 2.45) is 0 Å². The van der Waals surface area contributed by atoms with Gasteiger partial charge in [0.05, 0.1) is 0 Å². The van der Waals surface area contributed by atoms with Gasteiger partial charge in [-0.3, -0.25) is 19.2 Å². The fourth-order valence-electron chi connectivity index (χ4n) is 2.15. The molecule has 0 aromatic heterocycles. The summed E-state index contributed by atoms with van der Waals surface area (Å²) in [7, 11) is 0. The van der Waals surface area contributed by atoms with E-state index in [4.69, 9.17) is 23.7 Å². The molecule has 136 valence electrons. The Hall–Kier alpha value is -2.20. The van der Waals surface area contributed by atoms with Crippen LogP contribution < -0.4 is 0 Å². The SMILES string of the molecule is CC(=O)OC[C@@H]1O[C@@H](OC(C)=O)[C@@H](O)[C@H](OC(C)=O)[C@@H]1OC(C)=O. The molecule has 0 spiro atoms. The first-order valence-electron chi connectivity index (χ1n) is 7.10. The number of aliphatic hydroxyl groups is 1. The van der Waals surface area contributed by atoms with E-state index in [9.17, 15) is 24.3 Å². The highest BCUT2D eigenvalue weighted by Gasteiger charge is 2.51. The van der Waals surface area contributed by atoms with Crippen LogP contribution >= 0.6 is 0 Å². The highest BCUT2D eigenvalue weighted by atomic mass is 16.7. The maximum atomic E-state index is 11.3. The van der Waals surface area contributed by atoms with Crippen LogP contribution in [0.3, 0.4) is 0 Å². The van der Waals surface area contributed by atoms with Gasteiger partial charge in [-0.15, -0.1) is 0 Å². The molecule has 0 aliphatic carbocycles. The van der Waals surface area contributed by atoms with Crippen LogP contribution in [0.2, 0.25) is 0 Å². The van der Waals surface area contributed by atoms with Crippen LogP contribution in [0.15, 0.2) is 0 Å². The number of carbonyl (C=O) groups excluding carboxylic acids is 4. The summed E-state index contributed by atoms with van der Waals surface area (Å²) in [5.74, 6) is -2.87. The van der Waals surface area contributed by atoms with Gasteiger partial charge in [0.2, 0.25) is 6.29 Å². The van der Waals surface area contributed by atoms with E-state index in [2.05, 4.69) is 0 Å². The summed E-state index contributed by atoms with van der Waals surface area (Å²) in [5, 5.41) is 10.2. The first-order chi connectivity index (χ1) is 11.1. The molecule has 1 saturated heterocycles. The summed E-state index contributed by atoms with van der Waals surface area (Å²) in [6.07, 6.45) is -6.83. The van der Waals surface area contributed by atoms with Crippen LogP contribution in [0, 0.1) is 0 Å². The molecule has 0 radical (unpaired) electrons. The normalized spacial score (nSPS) is 29.3. The minimum atomic E-state index is -1.60. The highest BCUT2D eigenvalue weighted by molar-refractivity contribution is 5.68. The van der Waals surface area contributed by atoms with Gasteiger partial charge in [0.15, 0.2) is 18.3 Å². The first-order valence-corrected chi connectivity index (χ1v) is 7.10. The second kappa shape index (κ2) is 8.60. The van der Waals surface area contributed by atoms with Crippen molar-refractivity contribution in [1.82, 2.24) is 0 Å². The van der Waals surface area contributed by atoms with Crippen LogP contribution in [0.4, 0.5) is 0 Å². The van der Waals surface area contributed by atoms with E-state index in [0.29, 0.717) is 0 Å². The molecule has 1 aliphatic rings. The Kier molecular flexibility index (Phi) is 7.11. The summed E-state index contributed by atoms with van der Waals surface area (Å²) in [5.41, 5.74) is 0. The van der Waals surface area contributed by atoms with Crippen molar-refractivity contribution in [3.63, 3.8) is 0 Å². The van der Waals surface area contributed by atoms with E-state index in [1.165, 1.54) is 0 Å². The second-order valence-electron chi connectivity index (χ2n) is 5.09. The van der Waals surface area contributed by atoms with Gasteiger partial charge >= 0.3 is 23.9 Å². The highest BCUT2D eigenvalue weighted by Crippen LogP contribution is 2.27. The van der Waals surface area contributed by atoms with Crippen molar-refractivity contribution in [2.75, 3.05) is 6.61 Å². The van der Waals surface area contributed by atoms with Gasteiger partial charge < -0.3 is 28.8 Å².